The molecule has 1 fully saturated rings. The van der Waals surface area contributed by atoms with Crippen molar-refractivity contribution in [1.82, 2.24) is 0 Å². The minimum atomic E-state index is -2.40. The van der Waals surface area contributed by atoms with Crippen molar-refractivity contribution >= 4 is 0 Å². The summed E-state index contributed by atoms with van der Waals surface area (Å²) in [6, 6.07) is 0. The van der Waals surface area contributed by atoms with Crippen molar-refractivity contribution in [1.29, 1.82) is 0 Å². The van der Waals surface area contributed by atoms with Gasteiger partial charge in [0, 0.05) is 11.8 Å². The molecular formula is C9H14F2. The minimum absolute atomic E-state index is 0.384. The third-order valence-corrected chi connectivity index (χ3v) is 2.28. The Labute approximate surface area is 66.3 Å². The van der Waals surface area contributed by atoms with Crippen LogP contribution >= 0.6 is 0 Å². The molecule has 1 aliphatic carbocycles. The van der Waals surface area contributed by atoms with Crippen LogP contribution in [0.15, 0.2) is 12.2 Å². The Morgan fingerprint density at radius 1 is 1.36 bits per heavy atom. The molecule has 0 aromatic heterocycles. The molecule has 11 heavy (non-hydrogen) atoms. The van der Waals surface area contributed by atoms with E-state index in [1.54, 1.807) is 6.08 Å². The number of allylic oxidation sites excluding steroid dienone is 2. The van der Waals surface area contributed by atoms with Crippen LogP contribution in [0.25, 0.3) is 0 Å². The van der Waals surface area contributed by atoms with Gasteiger partial charge in [-0.2, -0.15) is 0 Å². The van der Waals surface area contributed by atoms with Gasteiger partial charge in [0.25, 0.3) is 5.92 Å². The van der Waals surface area contributed by atoms with Crippen molar-refractivity contribution in [2.75, 3.05) is 0 Å². The molecule has 0 spiro atoms. The maximum atomic E-state index is 12.7. The summed E-state index contributed by atoms with van der Waals surface area (Å²) in [5, 5.41) is 0. The third-order valence-electron chi connectivity index (χ3n) is 2.28. The summed E-state index contributed by atoms with van der Waals surface area (Å²) < 4.78 is 25.5. The van der Waals surface area contributed by atoms with E-state index < -0.39 is 11.8 Å². The SMILES string of the molecule is CCC=CC1C(CC)C1(F)F. The first-order chi connectivity index (χ1) is 5.14. The van der Waals surface area contributed by atoms with Crippen molar-refractivity contribution < 1.29 is 8.78 Å². The Balaban J connectivity index is 2.45. The molecule has 0 aromatic rings. The second-order valence-corrected chi connectivity index (χ2v) is 3.05. The smallest absolute Gasteiger partial charge is 0.206 e. The van der Waals surface area contributed by atoms with Gasteiger partial charge < -0.3 is 0 Å². The normalized spacial score (nSPS) is 34.5. The van der Waals surface area contributed by atoms with E-state index in [2.05, 4.69) is 0 Å². The summed E-state index contributed by atoms with van der Waals surface area (Å²) in [6.07, 6.45) is 4.93. The Bertz CT molecular complexity index is 161. The molecule has 0 N–H and O–H groups in total. The summed E-state index contributed by atoms with van der Waals surface area (Å²) in [7, 11) is 0. The molecule has 1 saturated carbocycles. The Hall–Kier alpha value is -0.400. The molecule has 0 aliphatic heterocycles. The van der Waals surface area contributed by atoms with Crippen LogP contribution in [0.4, 0.5) is 8.78 Å². The summed E-state index contributed by atoms with van der Waals surface area (Å²) in [5.74, 6) is -3.25. The first-order valence-electron chi connectivity index (χ1n) is 4.19. The predicted molar refractivity (Wildman–Crippen MR) is 41.6 cm³/mol. The average Bonchev–Trinajstić information content (AvgIpc) is 2.48. The summed E-state index contributed by atoms with van der Waals surface area (Å²) >= 11 is 0. The Kier molecular flexibility index (Phi) is 2.31. The highest BCUT2D eigenvalue weighted by Gasteiger charge is 2.65. The number of hydrogen-bond acceptors (Lipinski definition) is 0. The van der Waals surface area contributed by atoms with Crippen LogP contribution in [0.2, 0.25) is 0 Å². The lowest BCUT2D eigenvalue weighted by Crippen LogP contribution is -1.92. The van der Waals surface area contributed by atoms with Gasteiger partial charge in [0.1, 0.15) is 0 Å². The molecule has 0 nitrogen and oxygen atoms in total. The van der Waals surface area contributed by atoms with E-state index in [1.165, 1.54) is 0 Å². The molecule has 0 radical (unpaired) electrons. The number of halogens is 2. The zero-order chi connectivity index (χ0) is 8.48. The molecule has 0 amide bonds. The van der Waals surface area contributed by atoms with E-state index in [1.807, 2.05) is 19.9 Å². The van der Waals surface area contributed by atoms with Gasteiger partial charge in [0.2, 0.25) is 0 Å². The third kappa shape index (κ3) is 1.44. The lowest BCUT2D eigenvalue weighted by molar-refractivity contribution is 0.0893. The standard InChI is InChI=1S/C9H14F2/c1-3-5-6-8-7(4-2)9(8,10)11/h5-8H,3-4H2,1-2H3. The quantitative estimate of drug-likeness (QED) is 0.556. The fraction of sp³-hybridized carbons (Fsp3) is 0.778. The van der Waals surface area contributed by atoms with E-state index in [4.69, 9.17) is 0 Å². The summed E-state index contributed by atoms with van der Waals surface area (Å²) in [6.45, 7) is 3.77. The van der Waals surface area contributed by atoms with E-state index >= 15 is 0 Å². The number of alkyl halides is 2. The van der Waals surface area contributed by atoms with Crippen LogP contribution in [-0.2, 0) is 0 Å². The molecule has 0 heterocycles. The van der Waals surface area contributed by atoms with Crippen molar-refractivity contribution in [3.05, 3.63) is 12.2 Å². The average molecular weight is 160 g/mol. The molecule has 1 aliphatic rings. The zero-order valence-corrected chi connectivity index (χ0v) is 6.98. The molecule has 1 rings (SSSR count). The highest BCUT2D eigenvalue weighted by Crippen LogP contribution is 2.57. The van der Waals surface area contributed by atoms with E-state index in [0.29, 0.717) is 6.42 Å². The topological polar surface area (TPSA) is 0 Å². The molecule has 0 aromatic carbocycles. The van der Waals surface area contributed by atoms with Crippen molar-refractivity contribution in [2.24, 2.45) is 11.8 Å². The van der Waals surface area contributed by atoms with Crippen LogP contribution in [0.3, 0.4) is 0 Å². The molecule has 0 bridgehead atoms. The molecular weight excluding hydrogens is 146 g/mol. The van der Waals surface area contributed by atoms with Crippen molar-refractivity contribution in [3.63, 3.8) is 0 Å². The molecule has 0 saturated heterocycles. The highest BCUT2D eigenvalue weighted by atomic mass is 19.3. The zero-order valence-electron chi connectivity index (χ0n) is 6.98. The monoisotopic (exact) mass is 160 g/mol. The largest absolute Gasteiger partial charge is 0.258 e. The lowest BCUT2D eigenvalue weighted by Gasteiger charge is -1.87. The van der Waals surface area contributed by atoms with E-state index in [0.717, 1.165) is 6.42 Å². The first kappa shape index (κ1) is 8.69. The van der Waals surface area contributed by atoms with Gasteiger partial charge in [-0.1, -0.05) is 26.0 Å². The predicted octanol–water partition coefficient (Wildman–Crippen LogP) is 3.24. The fourth-order valence-corrected chi connectivity index (χ4v) is 1.49. The summed E-state index contributed by atoms with van der Waals surface area (Å²) in [5.41, 5.74) is 0. The summed E-state index contributed by atoms with van der Waals surface area (Å²) in [4.78, 5) is 0. The fourth-order valence-electron chi connectivity index (χ4n) is 1.49. The van der Waals surface area contributed by atoms with Crippen LogP contribution in [0, 0.1) is 11.8 Å². The maximum absolute atomic E-state index is 12.7. The Morgan fingerprint density at radius 2 is 2.00 bits per heavy atom. The second kappa shape index (κ2) is 2.92. The second-order valence-electron chi connectivity index (χ2n) is 3.05. The van der Waals surface area contributed by atoms with Crippen LogP contribution in [0.1, 0.15) is 26.7 Å². The van der Waals surface area contributed by atoms with Crippen molar-refractivity contribution in [2.45, 2.75) is 32.6 Å². The van der Waals surface area contributed by atoms with Crippen LogP contribution in [-0.4, -0.2) is 5.92 Å². The van der Waals surface area contributed by atoms with Crippen molar-refractivity contribution in [3.8, 4) is 0 Å². The number of hydrogen-bond donors (Lipinski definition) is 0. The minimum Gasteiger partial charge on any atom is -0.206 e. The number of rotatable bonds is 3. The van der Waals surface area contributed by atoms with Gasteiger partial charge >= 0.3 is 0 Å². The molecule has 2 unspecified atom stereocenters. The molecule has 2 atom stereocenters. The van der Waals surface area contributed by atoms with Gasteiger partial charge in [-0.05, 0) is 12.8 Å². The Morgan fingerprint density at radius 3 is 2.36 bits per heavy atom. The van der Waals surface area contributed by atoms with Crippen LogP contribution in [0.5, 0.6) is 0 Å². The van der Waals surface area contributed by atoms with Gasteiger partial charge in [0.05, 0.1) is 0 Å². The molecule has 2 heteroatoms. The van der Waals surface area contributed by atoms with E-state index in [-0.39, 0.29) is 5.92 Å². The first-order valence-corrected chi connectivity index (χ1v) is 4.19. The van der Waals surface area contributed by atoms with Gasteiger partial charge in [-0.15, -0.1) is 0 Å². The van der Waals surface area contributed by atoms with Gasteiger partial charge in [-0.3, -0.25) is 0 Å². The van der Waals surface area contributed by atoms with Gasteiger partial charge in [-0.25, -0.2) is 8.78 Å². The maximum Gasteiger partial charge on any atom is 0.258 e. The van der Waals surface area contributed by atoms with Gasteiger partial charge in [0.15, 0.2) is 0 Å². The lowest BCUT2D eigenvalue weighted by atomic mass is 10.2. The van der Waals surface area contributed by atoms with Crippen LogP contribution < -0.4 is 0 Å². The van der Waals surface area contributed by atoms with E-state index in [9.17, 15) is 8.78 Å². The highest BCUT2D eigenvalue weighted by molar-refractivity contribution is 5.14. The molecule has 64 valence electrons.